The Bertz CT molecular complexity index is 1020. The highest BCUT2D eigenvalue weighted by Crippen LogP contribution is 2.25. The van der Waals surface area contributed by atoms with Crippen molar-refractivity contribution >= 4 is 11.6 Å². The molecule has 4 heteroatoms. The van der Waals surface area contributed by atoms with Gasteiger partial charge in [0.15, 0.2) is 0 Å². The molecule has 0 aliphatic heterocycles. The Labute approximate surface area is 170 Å². The average Bonchev–Trinajstić information content (AvgIpc) is 3.18. The second-order valence-electron chi connectivity index (χ2n) is 6.93. The van der Waals surface area contributed by atoms with E-state index >= 15 is 0 Å². The van der Waals surface area contributed by atoms with Gasteiger partial charge in [-0.2, -0.15) is 5.10 Å². The number of benzene rings is 3. The van der Waals surface area contributed by atoms with Crippen molar-refractivity contribution in [2.75, 3.05) is 0 Å². The van der Waals surface area contributed by atoms with Crippen molar-refractivity contribution in [2.45, 2.75) is 19.5 Å². The second kappa shape index (κ2) is 8.42. The molecule has 0 unspecified atom stereocenters. The third-order valence-corrected chi connectivity index (χ3v) is 5.20. The predicted octanol–water partition coefficient (Wildman–Crippen LogP) is 5.02. The quantitative estimate of drug-likeness (QED) is 0.494. The summed E-state index contributed by atoms with van der Waals surface area (Å²) in [5.74, 6) is 0. The van der Waals surface area contributed by atoms with Crippen LogP contribution in [0.15, 0.2) is 91.1 Å². The summed E-state index contributed by atoms with van der Waals surface area (Å²) in [7, 11) is 0. The molecule has 0 bridgehead atoms. The Morgan fingerprint density at radius 2 is 1.54 bits per heavy atom. The van der Waals surface area contributed by atoms with Crippen LogP contribution in [-0.2, 0) is 6.54 Å². The van der Waals surface area contributed by atoms with Crippen molar-refractivity contribution < 1.29 is 5.32 Å². The molecule has 0 aliphatic rings. The van der Waals surface area contributed by atoms with Crippen molar-refractivity contribution in [2.24, 2.45) is 0 Å². The summed E-state index contributed by atoms with van der Waals surface area (Å²) in [6.07, 6.45) is 2.13. The van der Waals surface area contributed by atoms with Crippen LogP contribution in [-0.4, -0.2) is 9.78 Å². The van der Waals surface area contributed by atoms with Crippen molar-refractivity contribution in [1.82, 2.24) is 9.78 Å². The minimum Gasteiger partial charge on any atom is -0.336 e. The van der Waals surface area contributed by atoms with Crippen LogP contribution in [0, 0.1) is 0 Å². The molecule has 0 saturated carbocycles. The molecule has 4 aromatic rings. The summed E-state index contributed by atoms with van der Waals surface area (Å²) in [5, 5.41) is 7.97. The van der Waals surface area contributed by atoms with Crippen LogP contribution in [0.1, 0.15) is 24.1 Å². The third-order valence-electron chi connectivity index (χ3n) is 4.95. The first-order valence-electron chi connectivity index (χ1n) is 9.49. The number of halogens is 1. The van der Waals surface area contributed by atoms with Crippen LogP contribution in [0.25, 0.3) is 16.9 Å². The first-order chi connectivity index (χ1) is 13.7. The lowest BCUT2D eigenvalue weighted by Gasteiger charge is -2.11. The maximum atomic E-state index is 6.08. The number of hydrogen-bond donors (Lipinski definition) is 1. The Morgan fingerprint density at radius 3 is 2.21 bits per heavy atom. The number of aromatic nitrogens is 2. The molecule has 140 valence electrons. The molecule has 0 spiro atoms. The van der Waals surface area contributed by atoms with Gasteiger partial charge in [-0.1, -0.05) is 72.3 Å². The van der Waals surface area contributed by atoms with Gasteiger partial charge in [-0.3, -0.25) is 0 Å². The number of nitrogens with zero attached hydrogens (tertiary/aromatic N) is 2. The molecule has 4 rings (SSSR count). The highest BCUT2D eigenvalue weighted by Gasteiger charge is 2.16. The maximum absolute atomic E-state index is 6.08. The molecule has 1 aromatic heterocycles. The van der Waals surface area contributed by atoms with Crippen LogP contribution in [0.3, 0.4) is 0 Å². The molecule has 0 amide bonds. The summed E-state index contributed by atoms with van der Waals surface area (Å²) in [6.45, 7) is 3.08. The average molecular weight is 389 g/mol. The van der Waals surface area contributed by atoms with Gasteiger partial charge in [0.2, 0.25) is 0 Å². The highest BCUT2D eigenvalue weighted by molar-refractivity contribution is 6.30. The molecule has 28 heavy (non-hydrogen) atoms. The van der Waals surface area contributed by atoms with Gasteiger partial charge in [-0.15, -0.1) is 0 Å². The predicted molar refractivity (Wildman–Crippen MR) is 114 cm³/mol. The SMILES string of the molecule is C[C@@H]([NH2+]Cc1cn(-c2ccccc2)nc1-c1ccc(Cl)cc1)c1ccccc1. The lowest BCUT2D eigenvalue weighted by atomic mass is 10.1. The van der Waals surface area contributed by atoms with Crippen LogP contribution < -0.4 is 5.32 Å². The number of rotatable bonds is 6. The topological polar surface area (TPSA) is 34.4 Å². The number of para-hydroxylation sites is 1. The summed E-state index contributed by atoms with van der Waals surface area (Å²) < 4.78 is 1.96. The van der Waals surface area contributed by atoms with E-state index in [2.05, 4.69) is 60.9 Å². The third kappa shape index (κ3) is 4.16. The van der Waals surface area contributed by atoms with E-state index in [1.165, 1.54) is 11.1 Å². The Balaban J connectivity index is 1.64. The lowest BCUT2D eigenvalue weighted by molar-refractivity contribution is -0.707. The van der Waals surface area contributed by atoms with Gasteiger partial charge in [-0.25, -0.2) is 4.68 Å². The van der Waals surface area contributed by atoms with Crippen LogP contribution in [0.5, 0.6) is 0 Å². The standard InChI is InChI=1S/C24H22ClN3/c1-18(19-8-4-2-5-9-19)26-16-21-17-28(23-10-6-3-7-11-23)27-24(21)20-12-14-22(25)15-13-20/h2-15,17-18,26H,16H2,1H3/p+1/t18-/m1/s1. The zero-order valence-electron chi connectivity index (χ0n) is 15.8. The molecule has 0 radical (unpaired) electrons. The van der Waals surface area contributed by atoms with Crippen LogP contribution >= 0.6 is 11.6 Å². The van der Waals surface area contributed by atoms with Gasteiger partial charge in [0.05, 0.1) is 11.3 Å². The van der Waals surface area contributed by atoms with Crippen molar-refractivity contribution in [1.29, 1.82) is 0 Å². The normalized spacial score (nSPS) is 12.1. The molecular weight excluding hydrogens is 366 g/mol. The van der Waals surface area contributed by atoms with Crippen LogP contribution in [0.2, 0.25) is 5.02 Å². The molecule has 3 aromatic carbocycles. The smallest absolute Gasteiger partial charge is 0.109 e. The molecule has 0 aliphatic carbocycles. The zero-order valence-corrected chi connectivity index (χ0v) is 16.6. The Morgan fingerprint density at radius 1 is 0.893 bits per heavy atom. The van der Waals surface area contributed by atoms with Gasteiger partial charge in [0.1, 0.15) is 18.3 Å². The fourth-order valence-corrected chi connectivity index (χ4v) is 3.45. The minimum atomic E-state index is 0.374. The zero-order chi connectivity index (χ0) is 19.3. The molecule has 0 saturated heterocycles. The number of nitrogens with two attached hydrogens (primary N) is 1. The van der Waals surface area contributed by atoms with Gasteiger partial charge in [-0.05, 0) is 31.2 Å². The van der Waals surface area contributed by atoms with Crippen LogP contribution in [0.4, 0.5) is 0 Å². The van der Waals surface area contributed by atoms with E-state index in [4.69, 9.17) is 16.7 Å². The molecule has 1 atom stereocenters. The molecule has 0 fully saturated rings. The van der Waals surface area contributed by atoms with E-state index in [9.17, 15) is 0 Å². The fourth-order valence-electron chi connectivity index (χ4n) is 3.32. The Hall–Kier alpha value is -2.88. The van der Waals surface area contributed by atoms with Crippen molar-refractivity contribution in [3.05, 3.63) is 107 Å². The lowest BCUT2D eigenvalue weighted by Crippen LogP contribution is -2.83. The molecule has 1 heterocycles. The van der Waals surface area contributed by atoms with E-state index in [0.29, 0.717) is 6.04 Å². The monoisotopic (exact) mass is 388 g/mol. The summed E-state index contributed by atoms with van der Waals surface area (Å²) in [5.41, 5.74) is 5.66. The van der Waals surface area contributed by atoms with Crippen molar-refractivity contribution in [3.8, 4) is 16.9 Å². The molecular formula is C24H23ClN3+. The van der Waals surface area contributed by atoms with Gasteiger partial charge < -0.3 is 5.32 Å². The fraction of sp³-hybridized carbons (Fsp3) is 0.125. The Kier molecular flexibility index (Phi) is 5.56. The molecule has 2 N–H and O–H groups in total. The maximum Gasteiger partial charge on any atom is 0.109 e. The van der Waals surface area contributed by atoms with E-state index in [0.717, 1.165) is 28.5 Å². The second-order valence-corrected chi connectivity index (χ2v) is 7.37. The van der Waals surface area contributed by atoms with E-state index in [1.54, 1.807) is 0 Å². The largest absolute Gasteiger partial charge is 0.336 e. The summed E-state index contributed by atoms with van der Waals surface area (Å²) >= 11 is 6.08. The molecule has 3 nitrogen and oxygen atoms in total. The van der Waals surface area contributed by atoms with E-state index in [1.807, 2.05) is 47.1 Å². The van der Waals surface area contributed by atoms with Gasteiger partial charge >= 0.3 is 0 Å². The highest BCUT2D eigenvalue weighted by atomic mass is 35.5. The van der Waals surface area contributed by atoms with Gasteiger partial charge in [0.25, 0.3) is 0 Å². The number of quaternary nitrogens is 1. The van der Waals surface area contributed by atoms with E-state index in [-0.39, 0.29) is 0 Å². The number of hydrogen-bond acceptors (Lipinski definition) is 1. The summed E-state index contributed by atoms with van der Waals surface area (Å²) in [6, 6.07) is 29.1. The van der Waals surface area contributed by atoms with Crippen molar-refractivity contribution in [3.63, 3.8) is 0 Å². The summed E-state index contributed by atoms with van der Waals surface area (Å²) in [4.78, 5) is 0. The van der Waals surface area contributed by atoms with Gasteiger partial charge in [0, 0.05) is 22.3 Å². The first kappa shape index (κ1) is 18.5. The minimum absolute atomic E-state index is 0.374. The first-order valence-corrected chi connectivity index (χ1v) is 9.86. The van der Waals surface area contributed by atoms with E-state index < -0.39 is 0 Å².